The molecule has 0 fully saturated rings. The van der Waals surface area contributed by atoms with Crippen molar-refractivity contribution >= 4 is 0 Å². The van der Waals surface area contributed by atoms with Crippen LogP contribution in [0.2, 0.25) is 0 Å². The van der Waals surface area contributed by atoms with Crippen molar-refractivity contribution in [3.8, 4) is 0 Å². The van der Waals surface area contributed by atoms with Gasteiger partial charge in [-0.2, -0.15) is 13.2 Å². The topological polar surface area (TPSA) is 17.8 Å². The molecular weight excluding hydrogens is 253 g/mol. The van der Waals surface area contributed by atoms with E-state index < -0.39 is 11.7 Å². The molecular formula is C14H17F3N2. The van der Waals surface area contributed by atoms with Crippen LogP contribution in [0.3, 0.4) is 0 Å². The van der Waals surface area contributed by atoms with Crippen LogP contribution in [0.1, 0.15) is 30.5 Å². The van der Waals surface area contributed by atoms with E-state index in [1.165, 1.54) is 6.07 Å². The van der Waals surface area contributed by atoms with Crippen molar-refractivity contribution in [2.75, 3.05) is 0 Å². The minimum absolute atomic E-state index is 0.394. The van der Waals surface area contributed by atoms with Crippen molar-refractivity contribution in [3.05, 3.63) is 53.6 Å². The van der Waals surface area contributed by atoms with Gasteiger partial charge in [0.15, 0.2) is 0 Å². The average Bonchev–Trinajstić information content (AvgIpc) is 2.82. The maximum atomic E-state index is 12.6. The molecule has 0 unspecified atom stereocenters. The lowest BCUT2D eigenvalue weighted by molar-refractivity contribution is -0.137. The fraction of sp³-hybridized carbons (Fsp3) is 0.357. The number of imidazole rings is 1. The Labute approximate surface area is 110 Å². The predicted octanol–water partition coefficient (Wildman–Crippen LogP) is 4.28. The Hall–Kier alpha value is -1.78. The Morgan fingerprint density at radius 1 is 1.16 bits per heavy atom. The quantitative estimate of drug-likeness (QED) is 0.796. The molecule has 0 saturated heterocycles. The minimum Gasteiger partial charge on any atom is -0.333 e. The molecule has 0 aliphatic carbocycles. The fourth-order valence-corrected chi connectivity index (χ4v) is 1.71. The molecule has 0 saturated carbocycles. The maximum absolute atomic E-state index is 12.6. The van der Waals surface area contributed by atoms with Gasteiger partial charge in [0.25, 0.3) is 0 Å². The van der Waals surface area contributed by atoms with Gasteiger partial charge >= 0.3 is 6.18 Å². The van der Waals surface area contributed by atoms with Gasteiger partial charge in [0.05, 0.1) is 11.9 Å². The summed E-state index contributed by atoms with van der Waals surface area (Å²) in [5.74, 6) is 0. The van der Waals surface area contributed by atoms with Gasteiger partial charge in [0.2, 0.25) is 0 Å². The lowest BCUT2D eigenvalue weighted by Gasteiger charge is -2.11. The van der Waals surface area contributed by atoms with Gasteiger partial charge in [-0.15, -0.1) is 0 Å². The van der Waals surface area contributed by atoms with E-state index in [-0.39, 0.29) is 0 Å². The van der Waals surface area contributed by atoms with Crippen LogP contribution < -0.4 is 0 Å². The van der Waals surface area contributed by atoms with Gasteiger partial charge in [-0.3, -0.25) is 0 Å². The molecule has 0 amide bonds. The number of hydrogen-bond donors (Lipinski definition) is 0. The van der Waals surface area contributed by atoms with E-state index >= 15 is 0 Å². The van der Waals surface area contributed by atoms with E-state index in [2.05, 4.69) is 4.98 Å². The lowest BCUT2D eigenvalue weighted by Crippen LogP contribution is -2.07. The van der Waals surface area contributed by atoms with Gasteiger partial charge in [-0.1, -0.05) is 25.5 Å². The number of hydrogen-bond acceptors (Lipinski definition) is 1. The first kappa shape index (κ1) is 15.3. The molecule has 1 aromatic carbocycles. The van der Waals surface area contributed by atoms with Crippen LogP contribution in [0.15, 0.2) is 36.9 Å². The van der Waals surface area contributed by atoms with Crippen molar-refractivity contribution in [1.82, 2.24) is 9.55 Å². The summed E-state index contributed by atoms with van der Waals surface area (Å²) in [4.78, 5) is 3.85. The highest BCUT2D eigenvalue weighted by molar-refractivity contribution is 5.31. The second kappa shape index (κ2) is 6.41. The van der Waals surface area contributed by atoms with Crippen molar-refractivity contribution in [2.24, 2.45) is 0 Å². The second-order valence-corrected chi connectivity index (χ2v) is 3.94. The molecule has 0 atom stereocenters. The average molecular weight is 270 g/mol. The van der Waals surface area contributed by atoms with E-state index in [0.717, 1.165) is 6.07 Å². The molecule has 5 heteroatoms. The Balaban J connectivity index is 0.000000861. The number of alkyl halides is 3. The minimum atomic E-state index is -4.30. The van der Waals surface area contributed by atoms with Crippen LogP contribution in [-0.4, -0.2) is 9.55 Å². The summed E-state index contributed by atoms with van der Waals surface area (Å²) < 4.78 is 39.6. The maximum Gasteiger partial charge on any atom is 0.416 e. The molecule has 2 nitrogen and oxygen atoms in total. The second-order valence-electron chi connectivity index (χ2n) is 3.94. The van der Waals surface area contributed by atoms with E-state index in [9.17, 15) is 13.2 Å². The van der Waals surface area contributed by atoms with E-state index in [1.807, 2.05) is 13.8 Å². The number of rotatable bonds is 2. The van der Waals surface area contributed by atoms with Crippen LogP contribution >= 0.6 is 0 Å². The first-order valence-electron chi connectivity index (χ1n) is 6.08. The Morgan fingerprint density at radius 2 is 1.84 bits per heavy atom. The number of aromatic nitrogens is 2. The Bertz CT molecular complexity index is 502. The van der Waals surface area contributed by atoms with Crippen molar-refractivity contribution in [2.45, 2.75) is 33.5 Å². The zero-order valence-corrected chi connectivity index (χ0v) is 11.2. The summed E-state index contributed by atoms with van der Waals surface area (Å²) in [6, 6.07) is 4.07. The summed E-state index contributed by atoms with van der Waals surface area (Å²) in [6.07, 6.45) is 0.599. The summed E-state index contributed by atoms with van der Waals surface area (Å²) in [6.45, 7) is 6.05. The van der Waals surface area contributed by atoms with E-state index in [4.69, 9.17) is 0 Å². The lowest BCUT2D eigenvalue weighted by atomic mass is 10.1. The smallest absolute Gasteiger partial charge is 0.333 e. The SMILES string of the molecule is CC.Cc1cc(Cn2ccnc2)cc(C(F)(F)F)c1. The molecule has 0 spiro atoms. The number of nitrogens with zero attached hydrogens (tertiary/aromatic N) is 2. The molecule has 0 aliphatic rings. The van der Waals surface area contributed by atoms with Crippen molar-refractivity contribution < 1.29 is 13.2 Å². The third-order valence-electron chi connectivity index (χ3n) is 2.39. The molecule has 0 N–H and O–H groups in total. The monoisotopic (exact) mass is 270 g/mol. The third kappa shape index (κ3) is 4.43. The molecule has 2 rings (SSSR count). The normalized spacial score (nSPS) is 10.8. The summed E-state index contributed by atoms with van der Waals surface area (Å²) >= 11 is 0. The van der Waals surface area contributed by atoms with Crippen LogP contribution in [-0.2, 0) is 12.7 Å². The Kier molecular flexibility index (Phi) is 5.15. The number of aryl methyl sites for hydroxylation is 1. The third-order valence-corrected chi connectivity index (χ3v) is 2.39. The van der Waals surface area contributed by atoms with Gasteiger partial charge < -0.3 is 4.57 Å². The zero-order chi connectivity index (χ0) is 14.5. The zero-order valence-electron chi connectivity index (χ0n) is 11.2. The van der Waals surface area contributed by atoms with Crippen LogP contribution in [0.4, 0.5) is 13.2 Å². The first-order valence-corrected chi connectivity index (χ1v) is 6.08. The van der Waals surface area contributed by atoms with Crippen LogP contribution in [0.5, 0.6) is 0 Å². The highest BCUT2D eigenvalue weighted by Gasteiger charge is 2.30. The van der Waals surface area contributed by atoms with Crippen molar-refractivity contribution in [1.29, 1.82) is 0 Å². The number of halogens is 3. The van der Waals surface area contributed by atoms with E-state index in [1.54, 1.807) is 36.3 Å². The highest BCUT2D eigenvalue weighted by Crippen LogP contribution is 2.30. The highest BCUT2D eigenvalue weighted by atomic mass is 19.4. The summed E-state index contributed by atoms with van der Waals surface area (Å²) in [5.41, 5.74) is 0.623. The standard InChI is InChI=1S/C12H11F3N2.C2H6/c1-9-4-10(7-17-3-2-16-8-17)6-11(5-9)12(13,14)15;1-2/h2-6,8H,7H2,1H3;1-2H3. The first-order chi connectivity index (χ1) is 8.95. The Morgan fingerprint density at radius 3 is 2.37 bits per heavy atom. The number of benzene rings is 1. The predicted molar refractivity (Wildman–Crippen MR) is 68.9 cm³/mol. The van der Waals surface area contributed by atoms with Crippen LogP contribution in [0, 0.1) is 6.92 Å². The molecule has 1 heterocycles. The fourth-order valence-electron chi connectivity index (χ4n) is 1.71. The molecule has 1 aromatic heterocycles. The van der Waals surface area contributed by atoms with Crippen LogP contribution in [0.25, 0.3) is 0 Å². The molecule has 2 aromatic rings. The molecule has 0 aliphatic heterocycles. The van der Waals surface area contributed by atoms with E-state index in [0.29, 0.717) is 17.7 Å². The molecule has 0 bridgehead atoms. The summed E-state index contributed by atoms with van der Waals surface area (Å²) in [5, 5.41) is 0. The molecule has 19 heavy (non-hydrogen) atoms. The molecule has 0 radical (unpaired) electrons. The van der Waals surface area contributed by atoms with Gasteiger partial charge in [-0.05, 0) is 24.6 Å². The van der Waals surface area contributed by atoms with Gasteiger partial charge in [0.1, 0.15) is 0 Å². The summed E-state index contributed by atoms with van der Waals surface area (Å²) in [7, 11) is 0. The van der Waals surface area contributed by atoms with Gasteiger partial charge in [-0.25, -0.2) is 4.98 Å². The van der Waals surface area contributed by atoms with Gasteiger partial charge in [0, 0.05) is 18.9 Å². The largest absolute Gasteiger partial charge is 0.416 e. The van der Waals surface area contributed by atoms with Crippen molar-refractivity contribution in [3.63, 3.8) is 0 Å². The molecule has 104 valence electrons.